The second kappa shape index (κ2) is 6.54. The first-order chi connectivity index (χ1) is 9.19. The van der Waals surface area contributed by atoms with Crippen LogP contribution in [0.3, 0.4) is 0 Å². The zero-order valence-electron chi connectivity index (χ0n) is 11.1. The molecule has 1 heterocycles. The fourth-order valence-electron chi connectivity index (χ4n) is 2.14. The highest BCUT2D eigenvalue weighted by Crippen LogP contribution is 2.13. The van der Waals surface area contributed by atoms with Crippen molar-refractivity contribution >= 4 is 5.91 Å². The molecule has 1 saturated heterocycles. The van der Waals surface area contributed by atoms with E-state index < -0.39 is 6.10 Å². The van der Waals surface area contributed by atoms with Gasteiger partial charge in [0.2, 0.25) is 5.91 Å². The first-order valence-electron chi connectivity index (χ1n) is 6.60. The van der Waals surface area contributed by atoms with E-state index in [-0.39, 0.29) is 11.9 Å². The molecule has 1 aromatic rings. The van der Waals surface area contributed by atoms with Gasteiger partial charge in [-0.05, 0) is 31.0 Å². The van der Waals surface area contributed by atoms with E-state index in [0.717, 1.165) is 11.3 Å². The molecule has 0 radical (unpaired) electrons. The normalized spacial score (nSPS) is 22.2. The third-order valence-corrected chi connectivity index (χ3v) is 3.10. The largest absolute Gasteiger partial charge is 0.494 e. The Hall–Kier alpha value is -1.59. The second-order valence-electron chi connectivity index (χ2n) is 4.65. The van der Waals surface area contributed by atoms with Gasteiger partial charge in [0.05, 0.1) is 18.8 Å². The number of carbonyl (C=O) groups is 1. The third kappa shape index (κ3) is 3.94. The summed E-state index contributed by atoms with van der Waals surface area (Å²) in [5.41, 5.74) is 0.998. The number of nitrogens with one attached hydrogen (secondary N) is 2. The Morgan fingerprint density at radius 1 is 1.58 bits per heavy atom. The van der Waals surface area contributed by atoms with Crippen LogP contribution in [0, 0.1) is 0 Å². The van der Waals surface area contributed by atoms with Crippen LogP contribution >= 0.6 is 0 Å². The topological polar surface area (TPSA) is 70.6 Å². The molecule has 0 saturated carbocycles. The predicted molar refractivity (Wildman–Crippen MR) is 71.9 cm³/mol. The number of hydrogen-bond acceptors (Lipinski definition) is 4. The van der Waals surface area contributed by atoms with Gasteiger partial charge >= 0.3 is 0 Å². The molecule has 19 heavy (non-hydrogen) atoms. The summed E-state index contributed by atoms with van der Waals surface area (Å²) < 4.78 is 5.41. The van der Waals surface area contributed by atoms with Gasteiger partial charge in [-0.3, -0.25) is 4.79 Å². The standard InChI is InChI=1S/C14H20N2O3/c1-2-19-12-5-3-4-10(6-12)8-16-14(18)13-7-11(17)9-15-13/h3-6,11,13,15,17H,2,7-9H2,1H3,(H,16,18). The van der Waals surface area contributed by atoms with Crippen molar-refractivity contribution in [3.8, 4) is 5.75 Å². The zero-order valence-corrected chi connectivity index (χ0v) is 11.1. The smallest absolute Gasteiger partial charge is 0.237 e. The van der Waals surface area contributed by atoms with Gasteiger partial charge in [-0.15, -0.1) is 0 Å². The van der Waals surface area contributed by atoms with E-state index in [9.17, 15) is 9.90 Å². The lowest BCUT2D eigenvalue weighted by atomic mass is 10.1. The third-order valence-electron chi connectivity index (χ3n) is 3.10. The average molecular weight is 264 g/mol. The van der Waals surface area contributed by atoms with Gasteiger partial charge in [-0.1, -0.05) is 12.1 Å². The van der Waals surface area contributed by atoms with Crippen molar-refractivity contribution in [2.45, 2.75) is 32.0 Å². The number of amides is 1. The zero-order chi connectivity index (χ0) is 13.7. The van der Waals surface area contributed by atoms with Crippen LogP contribution in [0.2, 0.25) is 0 Å². The SMILES string of the molecule is CCOc1cccc(CNC(=O)C2CC(O)CN2)c1. The molecule has 104 valence electrons. The Morgan fingerprint density at radius 3 is 3.11 bits per heavy atom. The van der Waals surface area contributed by atoms with Crippen LogP contribution in [0.4, 0.5) is 0 Å². The van der Waals surface area contributed by atoms with Crippen molar-refractivity contribution in [2.75, 3.05) is 13.2 Å². The number of hydrogen-bond donors (Lipinski definition) is 3. The van der Waals surface area contributed by atoms with E-state index in [1.165, 1.54) is 0 Å². The molecule has 0 aliphatic carbocycles. The maximum absolute atomic E-state index is 11.9. The monoisotopic (exact) mass is 264 g/mol. The molecule has 5 heteroatoms. The second-order valence-corrected chi connectivity index (χ2v) is 4.65. The molecular weight excluding hydrogens is 244 g/mol. The van der Waals surface area contributed by atoms with Crippen molar-refractivity contribution in [3.63, 3.8) is 0 Å². The summed E-state index contributed by atoms with van der Waals surface area (Å²) in [5.74, 6) is 0.738. The molecule has 1 aliphatic rings. The highest BCUT2D eigenvalue weighted by molar-refractivity contribution is 5.82. The fraction of sp³-hybridized carbons (Fsp3) is 0.500. The van der Waals surface area contributed by atoms with Gasteiger partial charge < -0.3 is 20.5 Å². The molecule has 5 nitrogen and oxygen atoms in total. The van der Waals surface area contributed by atoms with Crippen molar-refractivity contribution < 1.29 is 14.6 Å². The summed E-state index contributed by atoms with van der Waals surface area (Å²) in [5, 5.41) is 15.2. The maximum atomic E-state index is 11.9. The Balaban J connectivity index is 1.84. The van der Waals surface area contributed by atoms with Gasteiger partial charge in [0.15, 0.2) is 0 Å². The minimum Gasteiger partial charge on any atom is -0.494 e. The van der Waals surface area contributed by atoms with Crippen molar-refractivity contribution in [1.82, 2.24) is 10.6 Å². The Bertz CT molecular complexity index is 436. The first kappa shape index (κ1) is 13.8. The predicted octanol–water partition coefficient (Wildman–Crippen LogP) is 0.424. The fourth-order valence-corrected chi connectivity index (χ4v) is 2.14. The minimum atomic E-state index is -0.419. The van der Waals surface area contributed by atoms with Crippen molar-refractivity contribution in [2.24, 2.45) is 0 Å². The Kier molecular flexibility index (Phi) is 4.76. The molecule has 1 fully saturated rings. The molecule has 0 aromatic heterocycles. The van der Waals surface area contributed by atoms with Crippen molar-refractivity contribution in [3.05, 3.63) is 29.8 Å². The van der Waals surface area contributed by atoms with Gasteiger partial charge in [0.25, 0.3) is 0 Å². The minimum absolute atomic E-state index is 0.0710. The summed E-state index contributed by atoms with van der Waals surface area (Å²) in [4.78, 5) is 11.9. The van der Waals surface area contributed by atoms with Crippen LogP contribution in [0.25, 0.3) is 0 Å². The van der Waals surface area contributed by atoms with Crippen LogP contribution in [-0.2, 0) is 11.3 Å². The summed E-state index contributed by atoms with van der Waals surface area (Å²) in [6.45, 7) is 3.51. The van der Waals surface area contributed by atoms with Gasteiger partial charge in [0.1, 0.15) is 5.75 Å². The number of aliphatic hydroxyl groups excluding tert-OH is 1. The lowest BCUT2D eigenvalue weighted by Crippen LogP contribution is -2.39. The molecule has 0 bridgehead atoms. The number of benzene rings is 1. The number of rotatable bonds is 5. The lowest BCUT2D eigenvalue weighted by molar-refractivity contribution is -0.123. The quantitative estimate of drug-likeness (QED) is 0.721. The first-order valence-corrected chi connectivity index (χ1v) is 6.60. The van der Waals surface area contributed by atoms with E-state index in [1.807, 2.05) is 31.2 Å². The molecule has 3 N–H and O–H groups in total. The summed E-state index contributed by atoms with van der Waals surface area (Å²) >= 11 is 0. The van der Waals surface area contributed by atoms with Crippen LogP contribution < -0.4 is 15.4 Å². The molecule has 2 unspecified atom stereocenters. The lowest BCUT2D eigenvalue weighted by Gasteiger charge is -2.11. The van der Waals surface area contributed by atoms with Crippen LogP contribution in [0.5, 0.6) is 5.75 Å². The number of ether oxygens (including phenoxy) is 1. The van der Waals surface area contributed by atoms with E-state index in [1.54, 1.807) is 0 Å². The molecule has 1 amide bonds. The van der Waals surface area contributed by atoms with E-state index >= 15 is 0 Å². The molecule has 1 aromatic carbocycles. The van der Waals surface area contributed by atoms with E-state index in [2.05, 4.69) is 10.6 Å². The van der Waals surface area contributed by atoms with Gasteiger partial charge in [-0.25, -0.2) is 0 Å². The van der Waals surface area contributed by atoms with Crippen LogP contribution in [0.15, 0.2) is 24.3 Å². The van der Waals surface area contributed by atoms with E-state index in [0.29, 0.717) is 26.1 Å². The summed E-state index contributed by atoms with van der Waals surface area (Å²) in [7, 11) is 0. The number of carbonyl (C=O) groups excluding carboxylic acids is 1. The molecule has 0 spiro atoms. The molecule has 2 atom stereocenters. The summed E-state index contributed by atoms with van der Waals surface area (Å²) in [6.07, 6.45) is 0.0576. The van der Waals surface area contributed by atoms with E-state index in [4.69, 9.17) is 4.74 Å². The van der Waals surface area contributed by atoms with Crippen LogP contribution in [-0.4, -0.2) is 36.3 Å². The molecular formula is C14H20N2O3. The Morgan fingerprint density at radius 2 is 2.42 bits per heavy atom. The summed E-state index contributed by atoms with van der Waals surface area (Å²) in [6, 6.07) is 7.37. The van der Waals surface area contributed by atoms with Gasteiger partial charge in [0, 0.05) is 13.1 Å². The molecule has 2 rings (SSSR count). The number of β-amino-alcohol motifs (C(OH)–C–C–N with tert-alkyl or cyclic N) is 1. The van der Waals surface area contributed by atoms with Gasteiger partial charge in [-0.2, -0.15) is 0 Å². The molecule has 1 aliphatic heterocycles. The highest BCUT2D eigenvalue weighted by atomic mass is 16.5. The van der Waals surface area contributed by atoms with Crippen molar-refractivity contribution in [1.29, 1.82) is 0 Å². The Labute approximate surface area is 113 Å². The highest BCUT2D eigenvalue weighted by Gasteiger charge is 2.27. The number of aliphatic hydroxyl groups is 1. The maximum Gasteiger partial charge on any atom is 0.237 e. The average Bonchev–Trinajstić information content (AvgIpc) is 2.84. The van der Waals surface area contributed by atoms with Crippen LogP contribution in [0.1, 0.15) is 18.9 Å².